The first-order valence-electron chi connectivity index (χ1n) is 11.2. The lowest BCUT2D eigenvalue weighted by Gasteiger charge is -2.23. The molecule has 2 N–H and O–H groups in total. The summed E-state index contributed by atoms with van der Waals surface area (Å²) in [5, 5.41) is 6.86. The second-order valence-corrected chi connectivity index (χ2v) is 8.09. The molecule has 7 heteroatoms. The average Bonchev–Trinajstić information content (AvgIpc) is 3.49. The van der Waals surface area contributed by atoms with Gasteiger partial charge in [-0.25, -0.2) is 0 Å². The quantitative estimate of drug-likeness (QED) is 0.402. The first-order valence-corrected chi connectivity index (χ1v) is 11.2. The highest BCUT2D eigenvalue weighted by atomic mass is 16.5. The molecule has 2 saturated carbocycles. The molecule has 0 spiro atoms. The van der Waals surface area contributed by atoms with Gasteiger partial charge in [-0.05, 0) is 44.6 Å². The zero-order valence-corrected chi connectivity index (χ0v) is 18.8. The number of nitrogens with one attached hydrogen (secondary N) is 2. The molecule has 168 valence electrons. The largest absolute Gasteiger partial charge is 0.493 e. The fourth-order valence-corrected chi connectivity index (χ4v) is 4.01. The fraction of sp³-hybridized carbons (Fsp3) is 0.696. The number of aliphatic imine (C=N–C) groups is 1. The Labute approximate surface area is 181 Å². The molecule has 0 aliphatic heterocycles. The summed E-state index contributed by atoms with van der Waals surface area (Å²) in [7, 11) is 5.27. The number of hydrogen-bond acceptors (Lipinski definition) is 5. The second kappa shape index (κ2) is 12.0. The Morgan fingerprint density at radius 1 is 1.10 bits per heavy atom. The van der Waals surface area contributed by atoms with E-state index in [1.165, 1.54) is 25.7 Å². The molecule has 0 heterocycles. The number of para-hydroxylation sites is 1. The van der Waals surface area contributed by atoms with Crippen LogP contribution in [0.5, 0.6) is 11.5 Å². The molecule has 0 aromatic heterocycles. The molecule has 30 heavy (non-hydrogen) atoms. The molecule has 0 amide bonds. The van der Waals surface area contributed by atoms with E-state index < -0.39 is 0 Å². The lowest BCUT2D eigenvalue weighted by Crippen LogP contribution is -2.42. The molecule has 1 aromatic carbocycles. The van der Waals surface area contributed by atoms with Gasteiger partial charge in [0, 0.05) is 51.9 Å². The summed E-state index contributed by atoms with van der Waals surface area (Å²) in [6, 6.07) is 6.79. The van der Waals surface area contributed by atoms with Gasteiger partial charge in [-0.15, -0.1) is 0 Å². The molecule has 1 aromatic rings. The van der Waals surface area contributed by atoms with Gasteiger partial charge < -0.3 is 24.8 Å². The third kappa shape index (κ3) is 6.77. The molecule has 2 fully saturated rings. The number of rotatable bonds is 12. The first-order chi connectivity index (χ1) is 14.7. The van der Waals surface area contributed by atoms with E-state index in [0.717, 1.165) is 68.1 Å². The third-order valence-corrected chi connectivity index (χ3v) is 5.87. The minimum absolute atomic E-state index is 0.290. The van der Waals surface area contributed by atoms with Crippen LogP contribution in [0.4, 0.5) is 0 Å². The molecule has 3 rings (SSSR count). The van der Waals surface area contributed by atoms with Gasteiger partial charge in [0.2, 0.25) is 0 Å². The van der Waals surface area contributed by atoms with Crippen LogP contribution in [-0.4, -0.2) is 70.5 Å². The monoisotopic (exact) mass is 418 g/mol. The molecular weight excluding hydrogens is 380 g/mol. The minimum atomic E-state index is 0.290. The van der Waals surface area contributed by atoms with Crippen LogP contribution >= 0.6 is 0 Å². The van der Waals surface area contributed by atoms with Crippen LogP contribution in [0.1, 0.15) is 44.1 Å². The fourth-order valence-electron chi connectivity index (χ4n) is 4.01. The van der Waals surface area contributed by atoms with Crippen molar-refractivity contribution in [3.63, 3.8) is 0 Å². The van der Waals surface area contributed by atoms with E-state index in [4.69, 9.17) is 14.2 Å². The Hall–Kier alpha value is -1.99. The molecule has 2 aliphatic carbocycles. The van der Waals surface area contributed by atoms with Crippen LogP contribution < -0.4 is 20.1 Å². The number of nitrogens with zero attached hydrogens (tertiary/aromatic N) is 2. The smallest absolute Gasteiger partial charge is 0.191 e. The van der Waals surface area contributed by atoms with Crippen molar-refractivity contribution in [1.29, 1.82) is 0 Å². The molecule has 0 bridgehead atoms. The summed E-state index contributed by atoms with van der Waals surface area (Å²) in [5.74, 6) is 2.45. The topological polar surface area (TPSA) is 67.4 Å². The van der Waals surface area contributed by atoms with Crippen LogP contribution in [0.15, 0.2) is 23.2 Å². The van der Waals surface area contributed by atoms with Gasteiger partial charge >= 0.3 is 0 Å². The summed E-state index contributed by atoms with van der Waals surface area (Å²) < 4.78 is 17.1. The zero-order chi connectivity index (χ0) is 21.2. The van der Waals surface area contributed by atoms with Crippen molar-refractivity contribution < 1.29 is 14.2 Å². The van der Waals surface area contributed by atoms with E-state index in [1.54, 1.807) is 21.3 Å². The molecule has 7 nitrogen and oxygen atoms in total. The Bertz CT molecular complexity index is 672. The number of ether oxygens (including phenoxy) is 3. The van der Waals surface area contributed by atoms with E-state index in [0.29, 0.717) is 6.54 Å². The lowest BCUT2D eigenvalue weighted by atomic mass is 10.1. The van der Waals surface area contributed by atoms with Crippen LogP contribution in [-0.2, 0) is 11.3 Å². The summed E-state index contributed by atoms with van der Waals surface area (Å²) in [6.07, 6.45) is 7.62. The summed E-state index contributed by atoms with van der Waals surface area (Å²) in [5.41, 5.74) is 1.09. The first kappa shape index (κ1) is 22.7. The minimum Gasteiger partial charge on any atom is -0.493 e. The van der Waals surface area contributed by atoms with Gasteiger partial charge in [0.05, 0.1) is 19.8 Å². The molecule has 0 unspecified atom stereocenters. The zero-order valence-electron chi connectivity index (χ0n) is 18.8. The van der Waals surface area contributed by atoms with Gasteiger partial charge in [0.15, 0.2) is 17.5 Å². The maximum absolute atomic E-state index is 6.33. The average molecular weight is 419 g/mol. The van der Waals surface area contributed by atoms with Crippen molar-refractivity contribution in [2.24, 2.45) is 4.99 Å². The van der Waals surface area contributed by atoms with Gasteiger partial charge in [-0.3, -0.25) is 9.89 Å². The van der Waals surface area contributed by atoms with Crippen LogP contribution in [0.2, 0.25) is 0 Å². The Kier molecular flexibility index (Phi) is 9.08. The van der Waals surface area contributed by atoms with Crippen LogP contribution in [0.3, 0.4) is 0 Å². The highest BCUT2D eigenvalue weighted by Crippen LogP contribution is 2.34. The molecular formula is C23H38N4O3. The van der Waals surface area contributed by atoms with Crippen LogP contribution in [0, 0.1) is 0 Å². The number of benzene rings is 1. The molecule has 0 atom stereocenters. The number of hydrogen-bond donors (Lipinski definition) is 2. The van der Waals surface area contributed by atoms with Crippen molar-refractivity contribution in [3.05, 3.63) is 23.8 Å². The van der Waals surface area contributed by atoms with Crippen molar-refractivity contribution in [1.82, 2.24) is 15.5 Å². The number of methoxy groups -OCH3 is 2. The normalized spacial score (nSPS) is 17.4. The SMILES string of the molecule is CN=C(NCCN(CCOC)C1CC1)NCc1cccc(OC)c1OC1CCCC1. The predicted octanol–water partition coefficient (Wildman–Crippen LogP) is 2.79. The third-order valence-electron chi connectivity index (χ3n) is 5.87. The number of guanidine groups is 1. The Morgan fingerprint density at radius 3 is 2.57 bits per heavy atom. The lowest BCUT2D eigenvalue weighted by molar-refractivity contribution is 0.144. The van der Waals surface area contributed by atoms with E-state index in [9.17, 15) is 0 Å². The highest BCUT2D eigenvalue weighted by Gasteiger charge is 2.28. The standard InChI is InChI=1S/C23H38N4O3/c1-24-23(25-13-14-27(15-16-28-2)19-11-12-19)26-17-18-7-6-10-21(29-3)22(18)30-20-8-4-5-9-20/h6-7,10,19-20H,4-5,8-9,11-17H2,1-3H3,(H2,24,25,26). The van der Waals surface area contributed by atoms with Gasteiger partial charge in [0.1, 0.15) is 0 Å². The Balaban J connectivity index is 1.51. The van der Waals surface area contributed by atoms with Gasteiger partial charge in [-0.2, -0.15) is 0 Å². The van der Waals surface area contributed by atoms with Crippen molar-refractivity contribution in [2.75, 3.05) is 47.5 Å². The van der Waals surface area contributed by atoms with E-state index >= 15 is 0 Å². The second-order valence-electron chi connectivity index (χ2n) is 8.09. The summed E-state index contributed by atoms with van der Waals surface area (Å²) in [6.45, 7) is 4.24. The highest BCUT2D eigenvalue weighted by molar-refractivity contribution is 5.79. The van der Waals surface area contributed by atoms with Crippen molar-refractivity contribution in [2.45, 2.75) is 57.2 Å². The summed E-state index contributed by atoms with van der Waals surface area (Å²) >= 11 is 0. The maximum Gasteiger partial charge on any atom is 0.191 e. The van der Waals surface area contributed by atoms with Crippen LogP contribution in [0.25, 0.3) is 0 Å². The Morgan fingerprint density at radius 2 is 1.90 bits per heavy atom. The van der Waals surface area contributed by atoms with Crippen molar-refractivity contribution in [3.8, 4) is 11.5 Å². The summed E-state index contributed by atoms with van der Waals surface area (Å²) in [4.78, 5) is 6.88. The van der Waals surface area contributed by atoms with E-state index in [-0.39, 0.29) is 6.10 Å². The maximum atomic E-state index is 6.33. The van der Waals surface area contributed by atoms with Gasteiger partial charge in [-0.1, -0.05) is 12.1 Å². The molecule has 2 aliphatic rings. The molecule has 0 radical (unpaired) electrons. The van der Waals surface area contributed by atoms with Gasteiger partial charge in [0.25, 0.3) is 0 Å². The van der Waals surface area contributed by atoms with E-state index in [1.807, 2.05) is 12.1 Å². The predicted molar refractivity (Wildman–Crippen MR) is 121 cm³/mol. The van der Waals surface area contributed by atoms with Crippen molar-refractivity contribution >= 4 is 5.96 Å². The molecule has 0 saturated heterocycles. The van der Waals surface area contributed by atoms with E-state index in [2.05, 4.69) is 26.6 Å².